The van der Waals surface area contributed by atoms with E-state index in [-0.39, 0.29) is 0 Å². The van der Waals surface area contributed by atoms with Gasteiger partial charge in [-0.1, -0.05) is 19.3 Å². The molecule has 2 unspecified atom stereocenters. The van der Waals surface area contributed by atoms with Crippen LogP contribution in [-0.4, -0.2) is 47.7 Å². The summed E-state index contributed by atoms with van der Waals surface area (Å²) in [4.78, 5) is 14.1. The lowest BCUT2D eigenvalue weighted by molar-refractivity contribution is -0.147. The highest BCUT2D eigenvalue weighted by Gasteiger charge is 2.43. The van der Waals surface area contributed by atoms with E-state index in [0.717, 1.165) is 25.7 Å². The number of hydrogen-bond donors (Lipinski definition) is 2. The summed E-state index contributed by atoms with van der Waals surface area (Å²) >= 11 is 0. The first-order chi connectivity index (χ1) is 9.09. The maximum absolute atomic E-state index is 11.6. The minimum atomic E-state index is -0.703. The SMILES string of the molecule is CNC1(C(=O)O)CCCC(N(C)C2CCCCC2)C1. The summed E-state index contributed by atoms with van der Waals surface area (Å²) in [5.74, 6) is -0.684. The van der Waals surface area contributed by atoms with Crippen molar-refractivity contribution in [1.82, 2.24) is 10.2 Å². The average Bonchev–Trinajstić information content (AvgIpc) is 2.47. The monoisotopic (exact) mass is 268 g/mol. The smallest absolute Gasteiger partial charge is 0.323 e. The Morgan fingerprint density at radius 3 is 2.37 bits per heavy atom. The fraction of sp³-hybridized carbons (Fsp3) is 0.933. The highest BCUT2D eigenvalue weighted by Crippen LogP contribution is 2.34. The van der Waals surface area contributed by atoms with Crippen LogP contribution in [0.4, 0.5) is 0 Å². The van der Waals surface area contributed by atoms with Crippen LogP contribution in [0.15, 0.2) is 0 Å². The molecule has 19 heavy (non-hydrogen) atoms. The number of nitrogens with one attached hydrogen (secondary N) is 1. The Morgan fingerprint density at radius 2 is 1.79 bits per heavy atom. The van der Waals surface area contributed by atoms with Crippen LogP contribution >= 0.6 is 0 Å². The van der Waals surface area contributed by atoms with Crippen LogP contribution in [0.1, 0.15) is 57.8 Å². The average molecular weight is 268 g/mol. The molecule has 110 valence electrons. The largest absolute Gasteiger partial charge is 0.480 e. The number of hydrogen-bond acceptors (Lipinski definition) is 3. The van der Waals surface area contributed by atoms with Gasteiger partial charge in [0.25, 0.3) is 0 Å². The maximum atomic E-state index is 11.6. The van der Waals surface area contributed by atoms with Crippen LogP contribution < -0.4 is 5.32 Å². The van der Waals surface area contributed by atoms with Gasteiger partial charge in [0.2, 0.25) is 0 Å². The van der Waals surface area contributed by atoms with Crippen LogP contribution in [0.5, 0.6) is 0 Å². The normalized spacial score (nSPS) is 33.5. The molecule has 2 fully saturated rings. The van der Waals surface area contributed by atoms with Gasteiger partial charge >= 0.3 is 5.97 Å². The molecule has 2 aliphatic rings. The van der Waals surface area contributed by atoms with Crippen molar-refractivity contribution in [3.63, 3.8) is 0 Å². The highest BCUT2D eigenvalue weighted by atomic mass is 16.4. The molecule has 2 saturated carbocycles. The van der Waals surface area contributed by atoms with Gasteiger partial charge in [-0.15, -0.1) is 0 Å². The van der Waals surface area contributed by atoms with Crippen molar-refractivity contribution in [2.24, 2.45) is 0 Å². The van der Waals surface area contributed by atoms with E-state index in [4.69, 9.17) is 0 Å². The topological polar surface area (TPSA) is 52.6 Å². The van der Waals surface area contributed by atoms with Gasteiger partial charge in [-0.3, -0.25) is 4.79 Å². The Bertz CT molecular complexity index is 315. The molecule has 0 amide bonds. The Morgan fingerprint density at radius 1 is 1.16 bits per heavy atom. The first-order valence-electron chi connectivity index (χ1n) is 7.73. The van der Waals surface area contributed by atoms with Gasteiger partial charge in [0, 0.05) is 12.1 Å². The van der Waals surface area contributed by atoms with Crippen molar-refractivity contribution in [3.05, 3.63) is 0 Å². The van der Waals surface area contributed by atoms with Crippen LogP contribution in [0.3, 0.4) is 0 Å². The van der Waals surface area contributed by atoms with E-state index in [1.165, 1.54) is 32.1 Å². The molecule has 0 aromatic heterocycles. The van der Waals surface area contributed by atoms with Crippen molar-refractivity contribution in [2.45, 2.75) is 75.4 Å². The number of carbonyl (C=O) groups is 1. The zero-order valence-electron chi connectivity index (χ0n) is 12.3. The molecule has 0 heterocycles. The molecule has 0 bridgehead atoms. The Balaban J connectivity index is 2.01. The third kappa shape index (κ3) is 3.11. The lowest BCUT2D eigenvalue weighted by atomic mass is 9.77. The quantitative estimate of drug-likeness (QED) is 0.821. The fourth-order valence-electron chi connectivity index (χ4n) is 3.91. The molecule has 0 aromatic carbocycles. The van der Waals surface area contributed by atoms with E-state index in [0.29, 0.717) is 12.1 Å². The summed E-state index contributed by atoms with van der Waals surface area (Å²) in [5.41, 5.74) is -0.703. The van der Waals surface area contributed by atoms with Crippen molar-refractivity contribution in [2.75, 3.05) is 14.1 Å². The zero-order valence-corrected chi connectivity index (χ0v) is 12.3. The highest BCUT2D eigenvalue weighted by molar-refractivity contribution is 5.79. The molecule has 0 saturated heterocycles. The second-order valence-electron chi connectivity index (χ2n) is 6.34. The van der Waals surface area contributed by atoms with E-state index in [9.17, 15) is 9.90 Å². The van der Waals surface area contributed by atoms with Gasteiger partial charge in [-0.2, -0.15) is 0 Å². The van der Waals surface area contributed by atoms with Crippen molar-refractivity contribution < 1.29 is 9.90 Å². The number of carboxylic acid groups (broad SMARTS) is 1. The molecule has 2 atom stereocenters. The summed E-state index contributed by atoms with van der Waals surface area (Å²) < 4.78 is 0. The van der Waals surface area contributed by atoms with Gasteiger partial charge < -0.3 is 15.3 Å². The Kier molecular flexibility index (Phi) is 4.85. The lowest BCUT2D eigenvalue weighted by Gasteiger charge is -2.44. The van der Waals surface area contributed by atoms with E-state index >= 15 is 0 Å². The molecule has 4 heteroatoms. The van der Waals surface area contributed by atoms with Crippen molar-refractivity contribution in [3.8, 4) is 0 Å². The van der Waals surface area contributed by atoms with E-state index in [2.05, 4.69) is 17.3 Å². The first-order valence-corrected chi connectivity index (χ1v) is 7.73. The number of carboxylic acids is 1. The molecule has 4 nitrogen and oxygen atoms in total. The number of nitrogens with zero attached hydrogens (tertiary/aromatic N) is 1. The van der Waals surface area contributed by atoms with Crippen LogP contribution in [0.2, 0.25) is 0 Å². The zero-order chi connectivity index (χ0) is 13.9. The van der Waals surface area contributed by atoms with E-state index < -0.39 is 11.5 Å². The lowest BCUT2D eigenvalue weighted by Crippen LogP contribution is -2.57. The summed E-state index contributed by atoms with van der Waals surface area (Å²) in [6.45, 7) is 0. The first kappa shape index (κ1) is 14.8. The van der Waals surface area contributed by atoms with Crippen LogP contribution in [-0.2, 0) is 4.79 Å². The second kappa shape index (κ2) is 6.23. The molecule has 0 radical (unpaired) electrons. The number of aliphatic carboxylic acids is 1. The predicted molar refractivity (Wildman–Crippen MR) is 76.3 cm³/mol. The summed E-state index contributed by atoms with van der Waals surface area (Å²) in [7, 11) is 3.99. The summed E-state index contributed by atoms with van der Waals surface area (Å²) in [6, 6.07) is 1.08. The van der Waals surface area contributed by atoms with Gasteiger partial charge in [0.05, 0.1) is 0 Å². The molecule has 2 rings (SSSR count). The Hall–Kier alpha value is -0.610. The Labute approximate surface area is 116 Å². The van der Waals surface area contributed by atoms with Gasteiger partial charge in [0.15, 0.2) is 0 Å². The van der Waals surface area contributed by atoms with E-state index in [1.54, 1.807) is 7.05 Å². The maximum Gasteiger partial charge on any atom is 0.323 e. The molecule has 0 spiro atoms. The van der Waals surface area contributed by atoms with Gasteiger partial charge in [-0.25, -0.2) is 0 Å². The number of rotatable bonds is 4. The van der Waals surface area contributed by atoms with Gasteiger partial charge in [0.1, 0.15) is 5.54 Å². The number of likely N-dealkylation sites (N-methyl/N-ethyl adjacent to an activating group) is 1. The fourth-order valence-corrected chi connectivity index (χ4v) is 3.91. The molecular weight excluding hydrogens is 240 g/mol. The van der Waals surface area contributed by atoms with Crippen molar-refractivity contribution >= 4 is 5.97 Å². The minimum absolute atomic E-state index is 0.417. The predicted octanol–water partition coefficient (Wildman–Crippen LogP) is 2.24. The van der Waals surface area contributed by atoms with Crippen LogP contribution in [0.25, 0.3) is 0 Å². The third-order valence-electron chi connectivity index (χ3n) is 5.34. The third-order valence-corrected chi connectivity index (χ3v) is 5.34. The molecule has 0 aliphatic heterocycles. The van der Waals surface area contributed by atoms with Crippen LogP contribution in [0, 0.1) is 0 Å². The van der Waals surface area contributed by atoms with E-state index in [1.807, 2.05) is 0 Å². The second-order valence-corrected chi connectivity index (χ2v) is 6.34. The molecule has 0 aromatic rings. The summed E-state index contributed by atoms with van der Waals surface area (Å²) in [6.07, 6.45) is 10.2. The molecule has 2 aliphatic carbocycles. The standard InChI is InChI=1S/C15H28N2O2/c1-16-15(14(18)19)10-6-9-13(11-15)17(2)12-7-4-3-5-8-12/h12-13,16H,3-11H2,1-2H3,(H,18,19). The summed E-state index contributed by atoms with van der Waals surface area (Å²) in [5, 5.41) is 12.6. The molecule has 2 N–H and O–H groups in total. The van der Waals surface area contributed by atoms with Crippen molar-refractivity contribution in [1.29, 1.82) is 0 Å². The van der Waals surface area contributed by atoms with Gasteiger partial charge in [-0.05, 0) is 52.6 Å². The minimum Gasteiger partial charge on any atom is -0.480 e. The molecular formula is C15H28N2O2.